The second kappa shape index (κ2) is 11.7. The quantitative estimate of drug-likeness (QED) is 0.145. The van der Waals surface area contributed by atoms with Crippen LogP contribution in [0.1, 0.15) is 86.5 Å². The van der Waals surface area contributed by atoms with E-state index in [0.29, 0.717) is 38.5 Å². The number of aliphatic hydroxyl groups is 9. The standard InChI is InChI=1S/C36H58O12/c1-31(2)9-11-36(30(46)48-29-25(43)24(42)23(41)20(15-37)47-29)12-10-34(5)17(22(36)28(31)45)7-8-21-32(3)13-19(40)27(44)33(4,16-38)26(32)18(39)14-35(21,34)6/h7,18-29,37-45H,8-16H2,1-6H3/t18-,19-,20-,21-,22+,23-,24+,25-,26+,27+,28+,29+,32-,33+,34-,35-,36+/m1/s1. The van der Waals surface area contributed by atoms with E-state index in [1.165, 1.54) is 0 Å². The van der Waals surface area contributed by atoms with Crippen LogP contribution in [0.3, 0.4) is 0 Å². The van der Waals surface area contributed by atoms with Gasteiger partial charge >= 0.3 is 5.97 Å². The van der Waals surface area contributed by atoms with Gasteiger partial charge in [-0.15, -0.1) is 0 Å². The Labute approximate surface area is 282 Å². The Morgan fingerprint density at radius 2 is 1.48 bits per heavy atom. The fraction of sp³-hybridized carbons (Fsp3) is 0.917. The first-order chi connectivity index (χ1) is 22.2. The van der Waals surface area contributed by atoms with E-state index < -0.39 is 112 Å². The van der Waals surface area contributed by atoms with Crippen LogP contribution in [0.4, 0.5) is 0 Å². The van der Waals surface area contributed by atoms with Gasteiger partial charge in [0.05, 0.1) is 43.0 Å². The van der Waals surface area contributed by atoms with Gasteiger partial charge in [-0.25, -0.2) is 0 Å². The van der Waals surface area contributed by atoms with Crippen molar-refractivity contribution >= 4 is 5.97 Å². The van der Waals surface area contributed by atoms with Gasteiger partial charge in [0.25, 0.3) is 0 Å². The van der Waals surface area contributed by atoms with Gasteiger partial charge in [0.1, 0.15) is 24.4 Å². The second-order valence-corrected chi connectivity index (χ2v) is 18.0. The summed E-state index contributed by atoms with van der Waals surface area (Å²) in [5.74, 6) is -1.87. The minimum absolute atomic E-state index is 0.0533. The van der Waals surface area contributed by atoms with E-state index in [0.717, 1.165) is 5.57 Å². The van der Waals surface area contributed by atoms with Gasteiger partial charge < -0.3 is 55.4 Å². The molecule has 0 amide bonds. The molecule has 6 aliphatic rings. The molecule has 48 heavy (non-hydrogen) atoms. The van der Waals surface area contributed by atoms with Crippen LogP contribution in [-0.2, 0) is 14.3 Å². The summed E-state index contributed by atoms with van der Waals surface area (Å²) < 4.78 is 11.4. The largest absolute Gasteiger partial charge is 0.432 e. The maximum atomic E-state index is 14.4. The van der Waals surface area contributed by atoms with E-state index in [9.17, 15) is 50.8 Å². The van der Waals surface area contributed by atoms with Crippen LogP contribution in [0.25, 0.3) is 0 Å². The van der Waals surface area contributed by atoms with Crippen LogP contribution in [0, 0.1) is 50.2 Å². The Morgan fingerprint density at radius 1 is 0.833 bits per heavy atom. The minimum Gasteiger partial charge on any atom is -0.432 e. The van der Waals surface area contributed by atoms with E-state index in [4.69, 9.17) is 9.47 Å². The van der Waals surface area contributed by atoms with Gasteiger partial charge in [-0.1, -0.05) is 53.2 Å². The lowest BCUT2D eigenvalue weighted by Gasteiger charge is -2.72. The summed E-state index contributed by atoms with van der Waals surface area (Å²) in [4.78, 5) is 14.4. The summed E-state index contributed by atoms with van der Waals surface area (Å²) in [6.07, 6.45) is -6.92. The normalized spacial score (nSPS) is 56.1. The van der Waals surface area contributed by atoms with Crippen LogP contribution < -0.4 is 0 Å². The van der Waals surface area contributed by atoms with Crippen molar-refractivity contribution in [1.29, 1.82) is 0 Å². The molecular formula is C36H58O12. The van der Waals surface area contributed by atoms with E-state index in [1.54, 1.807) is 6.92 Å². The molecular weight excluding hydrogens is 624 g/mol. The average molecular weight is 683 g/mol. The van der Waals surface area contributed by atoms with Crippen molar-refractivity contribution in [1.82, 2.24) is 0 Å². The summed E-state index contributed by atoms with van der Waals surface area (Å²) in [5, 5.41) is 98.0. The molecule has 12 heteroatoms. The maximum Gasteiger partial charge on any atom is 0.315 e. The highest BCUT2D eigenvalue weighted by molar-refractivity contribution is 5.79. The van der Waals surface area contributed by atoms with Crippen molar-refractivity contribution in [2.24, 2.45) is 50.2 Å². The molecule has 0 aromatic rings. The van der Waals surface area contributed by atoms with Crippen molar-refractivity contribution in [3.8, 4) is 0 Å². The van der Waals surface area contributed by atoms with E-state index in [1.807, 2.05) is 13.8 Å². The average Bonchev–Trinajstić information content (AvgIpc) is 3.02. The maximum absolute atomic E-state index is 14.4. The lowest BCUT2D eigenvalue weighted by molar-refractivity contribution is -0.299. The number of hydrogen-bond donors (Lipinski definition) is 9. The number of ether oxygens (including phenoxy) is 2. The van der Waals surface area contributed by atoms with Gasteiger partial charge in [0.15, 0.2) is 0 Å². The monoisotopic (exact) mass is 682 g/mol. The zero-order chi connectivity index (χ0) is 35.6. The molecule has 5 fully saturated rings. The van der Waals surface area contributed by atoms with Gasteiger partial charge in [-0.3, -0.25) is 4.79 Å². The van der Waals surface area contributed by atoms with Gasteiger partial charge in [-0.2, -0.15) is 0 Å². The predicted molar refractivity (Wildman–Crippen MR) is 170 cm³/mol. The molecule has 12 nitrogen and oxygen atoms in total. The molecule has 0 aromatic carbocycles. The number of rotatable bonds is 4. The first-order valence-electron chi connectivity index (χ1n) is 17.8. The first kappa shape index (κ1) is 36.6. The third-order valence-corrected chi connectivity index (χ3v) is 15.3. The molecule has 17 atom stereocenters. The van der Waals surface area contributed by atoms with Crippen molar-refractivity contribution in [3.05, 3.63) is 11.6 Å². The number of hydrogen-bond acceptors (Lipinski definition) is 12. The molecule has 1 heterocycles. The van der Waals surface area contributed by atoms with Crippen LogP contribution in [0.5, 0.6) is 0 Å². The minimum atomic E-state index is -1.75. The second-order valence-electron chi connectivity index (χ2n) is 18.0. The smallest absolute Gasteiger partial charge is 0.315 e. The third kappa shape index (κ3) is 4.66. The van der Waals surface area contributed by atoms with Crippen molar-refractivity contribution < 1.29 is 60.2 Å². The summed E-state index contributed by atoms with van der Waals surface area (Å²) in [7, 11) is 0. The summed E-state index contributed by atoms with van der Waals surface area (Å²) >= 11 is 0. The summed E-state index contributed by atoms with van der Waals surface area (Å²) in [5.41, 5.74) is -3.71. The Bertz CT molecular complexity index is 1300. The molecule has 9 N–H and O–H groups in total. The lowest BCUT2D eigenvalue weighted by Crippen LogP contribution is -2.72. The Hall–Kier alpha value is -1.19. The number of aliphatic hydroxyl groups excluding tert-OH is 9. The predicted octanol–water partition coefficient (Wildman–Crippen LogP) is 0.377. The third-order valence-electron chi connectivity index (χ3n) is 15.3. The highest BCUT2D eigenvalue weighted by Crippen LogP contribution is 2.75. The molecule has 0 spiro atoms. The molecule has 1 aliphatic heterocycles. The number of esters is 1. The van der Waals surface area contributed by atoms with Crippen LogP contribution in [-0.4, -0.2) is 120 Å². The van der Waals surface area contributed by atoms with E-state index >= 15 is 0 Å². The number of fused-ring (bicyclic) bond motifs is 7. The molecule has 5 aliphatic carbocycles. The van der Waals surface area contributed by atoms with Crippen molar-refractivity contribution in [2.45, 2.75) is 142 Å². The molecule has 0 aromatic heterocycles. The Morgan fingerprint density at radius 3 is 2.10 bits per heavy atom. The highest BCUT2D eigenvalue weighted by atomic mass is 16.7. The molecule has 274 valence electrons. The molecule has 1 saturated heterocycles. The van der Waals surface area contributed by atoms with Crippen LogP contribution >= 0.6 is 0 Å². The van der Waals surface area contributed by atoms with Crippen LogP contribution in [0.15, 0.2) is 11.6 Å². The van der Waals surface area contributed by atoms with Gasteiger partial charge in [0.2, 0.25) is 6.29 Å². The topological polar surface area (TPSA) is 218 Å². The van der Waals surface area contributed by atoms with Crippen LogP contribution in [0.2, 0.25) is 0 Å². The molecule has 0 bridgehead atoms. The fourth-order valence-electron chi connectivity index (χ4n) is 12.3. The van der Waals surface area contributed by atoms with E-state index in [2.05, 4.69) is 26.8 Å². The fourth-order valence-corrected chi connectivity index (χ4v) is 12.3. The first-order valence-corrected chi connectivity index (χ1v) is 17.8. The van der Waals surface area contributed by atoms with Crippen molar-refractivity contribution in [2.75, 3.05) is 13.2 Å². The Kier molecular flexibility index (Phi) is 8.89. The molecule has 0 unspecified atom stereocenters. The molecule has 4 saturated carbocycles. The summed E-state index contributed by atoms with van der Waals surface area (Å²) in [6.45, 7) is 11.0. The van der Waals surface area contributed by atoms with Gasteiger partial charge in [0, 0.05) is 17.3 Å². The summed E-state index contributed by atoms with van der Waals surface area (Å²) in [6, 6.07) is 0. The zero-order valence-electron chi connectivity index (χ0n) is 29.1. The highest BCUT2D eigenvalue weighted by Gasteiger charge is 2.73. The zero-order valence-corrected chi connectivity index (χ0v) is 29.1. The molecule has 0 radical (unpaired) electrons. The lowest BCUT2D eigenvalue weighted by atomic mass is 9.32. The van der Waals surface area contributed by atoms with Crippen molar-refractivity contribution in [3.63, 3.8) is 0 Å². The van der Waals surface area contributed by atoms with Gasteiger partial charge in [-0.05, 0) is 72.5 Å². The van der Waals surface area contributed by atoms with E-state index in [-0.39, 0.29) is 18.9 Å². The molecule has 6 rings (SSSR count). The number of carbonyl (C=O) groups is 1. The number of carbonyl (C=O) groups excluding carboxylic acids is 1. The Balaban J connectivity index is 1.41. The SMILES string of the molecule is CC1(C)CC[C@]2(C(=O)O[C@@H]3O[C@H](CO)[C@@H](O)[C@H](O)[C@H]3O)CC[C@]3(C)C(=CC[C@@H]4[C@@]5(C)C[C@@H](O)[C@H](O)[C@@](C)(CO)[C@H]5[C@H](O)C[C@]43C)[C@H]2[C@@H]1O. The number of allylic oxidation sites excluding steroid dienone is 1.